The summed E-state index contributed by atoms with van der Waals surface area (Å²) in [4.78, 5) is 0. The molecule has 0 spiro atoms. The maximum Gasteiger partial charge on any atom is 0.0588 e. The van der Waals surface area contributed by atoms with Gasteiger partial charge in [0.05, 0.1) is 5.88 Å². The Morgan fingerprint density at radius 2 is 2.00 bits per heavy atom. The van der Waals surface area contributed by atoms with Crippen molar-refractivity contribution in [2.75, 3.05) is 12.4 Å². The summed E-state index contributed by atoms with van der Waals surface area (Å²) in [5.74, 6) is 0.0346. The van der Waals surface area contributed by atoms with Gasteiger partial charge in [-0.1, -0.05) is 30.3 Å². The molecule has 0 aliphatic heterocycles. The van der Waals surface area contributed by atoms with Crippen LogP contribution in [0.4, 0.5) is 0 Å². The summed E-state index contributed by atoms with van der Waals surface area (Å²) in [6.07, 6.45) is 0.859. The smallest absolute Gasteiger partial charge is 0.0588 e. The first-order valence-corrected chi connectivity index (χ1v) is 5.34. The molecule has 1 atom stereocenters. The van der Waals surface area contributed by atoms with Crippen molar-refractivity contribution in [2.24, 2.45) is 0 Å². The molecule has 1 rings (SSSR count). The lowest BCUT2D eigenvalue weighted by Crippen LogP contribution is -2.21. The molecule has 1 aromatic carbocycles. The quantitative estimate of drug-likeness (QED) is 0.558. The highest BCUT2D eigenvalue weighted by atomic mass is 32.2. The molecule has 0 fully saturated rings. The SMILES string of the molecule is O=S([O-])CNCCc1ccccc1. The van der Waals surface area contributed by atoms with Crippen molar-refractivity contribution in [2.45, 2.75) is 6.42 Å². The second kappa shape index (κ2) is 5.85. The summed E-state index contributed by atoms with van der Waals surface area (Å²) >= 11 is -1.98. The Balaban J connectivity index is 2.17. The molecule has 1 unspecified atom stereocenters. The Morgan fingerprint density at radius 3 is 2.62 bits per heavy atom. The molecule has 1 aromatic rings. The first kappa shape index (κ1) is 10.4. The monoisotopic (exact) mass is 198 g/mol. The highest BCUT2D eigenvalue weighted by Crippen LogP contribution is 1.97. The van der Waals surface area contributed by atoms with Gasteiger partial charge >= 0.3 is 0 Å². The summed E-state index contributed by atoms with van der Waals surface area (Å²) in [6.45, 7) is 0.692. The van der Waals surface area contributed by atoms with Crippen LogP contribution in [0.5, 0.6) is 0 Å². The fourth-order valence-electron chi connectivity index (χ4n) is 1.03. The van der Waals surface area contributed by atoms with Gasteiger partial charge in [0.1, 0.15) is 0 Å². The van der Waals surface area contributed by atoms with Gasteiger partial charge in [-0.15, -0.1) is 0 Å². The third-order valence-electron chi connectivity index (χ3n) is 1.65. The molecule has 0 amide bonds. The first-order chi connectivity index (χ1) is 6.29. The zero-order chi connectivity index (χ0) is 9.52. The van der Waals surface area contributed by atoms with Crippen LogP contribution in [0.1, 0.15) is 5.56 Å². The molecule has 13 heavy (non-hydrogen) atoms. The molecule has 4 heteroatoms. The summed E-state index contributed by atoms with van der Waals surface area (Å²) in [5, 5.41) is 2.82. The lowest BCUT2D eigenvalue weighted by atomic mass is 10.2. The summed E-state index contributed by atoms with van der Waals surface area (Å²) in [6, 6.07) is 9.96. The van der Waals surface area contributed by atoms with E-state index in [0.717, 1.165) is 6.42 Å². The van der Waals surface area contributed by atoms with E-state index >= 15 is 0 Å². The molecule has 0 saturated heterocycles. The van der Waals surface area contributed by atoms with Crippen LogP contribution >= 0.6 is 0 Å². The van der Waals surface area contributed by atoms with Crippen molar-refractivity contribution in [3.63, 3.8) is 0 Å². The molecular weight excluding hydrogens is 186 g/mol. The minimum absolute atomic E-state index is 0.0346. The molecule has 0 aliphatic rings. The van der Waals surface area contributed by atoms with Gasteiger partial charge in [-0.3, -0.25) is 4.21 Å². The minimum atomic E-state index is -1.98. The fraction of sp³-hybridized carbons (Fsp3) is 0.333. The Bertz CT molecular complexity index is 264. The van der Waals surface area contributed by atoms with Crippen LogP contribution in [0.2, 0.25) is 0 Å². The molecule has 0 saturated carbocycles. The van der Waals surface area contributed by atoms with Crippen LogP contribution in [0.3, 0.4) is 0 Å². The number of benzene rings is 1. The predicted octanol–water partition coefficient (Wildman–Crippen LogP) is 0.655. The van der Waals surface area contributed by atoms with Crippen molar-refractivity contribution < 1.29 is 8.76 Å². The molecule has 0 bridgehead atoms. The zero-order valence-electron chi connectivity index (χ0n) is 7.23. The van der Waals surface area contributed by atoms with Gasteiger partial charge in [0.25, 0.3) is 0 Å². The summed E-state index contributed by atoms with van der Waals surface area (Å²) in [5.41, 5.74) is 1.21. The van der Waals surface area contributed by atoms with Crippen LogP contribution in [-0.4, -0.2) is 21.2 Å². The molecule has 0 aliphatic carbocycles. The van der Waals surface area contributed by atoms with Gasteiger partial charge in [-0.2, -0.15) is 0 Å². The Labute approximate surface area is 80.5 Å². The molecule has 0 aromatic heterocycles. The predicted molar refractivity (Wildman–Crippen MR) is 51.9 cm³/mol. The Hall–Kier alpha value is -0.710. The third-order valence-corrected chi connectivity index (χ3v) is 2.09. The van der Waals surface area contributed by atoms with Crippen molar-refractivity contribution in [3.8, 4) is 0 Å². The largest absolute Gasteiger partial charge is 0.771 e. The van der Waals surface area contributed by atoms with Crippen molar-refractivity contribution in [1.82, 2.24) is 5.32 Å². The van der Waals surface area contributed by atoms with Gasteiger partial charge < -0.3 is 9.87 Å². The Morgan fingerprint density at radius 1 is 1.31 bits per heavy atom. The van der Waals surface area contributed by atoms with Crippen molar-refractivity contribution >= 4 is 11.1 Å². The van der Waals surface area contributed by atoms with E-state index < -0.39 is 11.1 Å². The number of nitrogens with one attached hydrogen (secondary N) is 1. The van der Waals surface area contributed by atoms with E-state index in [1.54, 1.807) is 0 Å². The fourth-order valence-corrected chi connectivity index (χ4v) is 1.34. The molecule has 72 valence electrons. The van der Waals surface area contributed by atoms with Crippen molar-refractivity contribution in [1.29, 1.82) is 0 Å². The van der Waals surface area contributed by atoms with E-state index in [1.165, 1.54) is 5.56 Å². The van der Waals surface area contributed by atoms with E-state index in [0.29, 0.717) is 6.54 Å². The average molecular weight is 198 g/mol. The van der Waals surface area contributed by atoms with Gasteiger partial charge in [0.15, 0.2) is 0 Å². The highest BCUT2D eigenvalue weighted by molar-refractivity contribution is 7.79. The summed E-state index contributed by atoms with van der Waals surface area (Å²) < 4.78 is 20.3. The number of hydrogen-bond donors (Lipinski definition) is 1. The first-order valence-electron chi connectivity index (χ1n) is 4.09. The third kappa shape index (κ3) is 4.77. The van der Waals surface area contributed by atoms with Crippen LogP contribution in [0.25, 0.3) is 0 Å². The lowest BCUT2D eigenvalue weighted by Gasteiger charge is -2.06. The van der Waals surface area contributed by atoms with Crippen LogP contribution < -0.4 is 5.32 Å². The van der Waals surface area contributed by atoms with E-state index in [2.05, 4.69) is 5.32 Å². The molecule has 0 radical (unpaired) electrons. The maximum atomic E-state index is 10.1. The van der Waals surface area contributed by atoms with Crippen molar-refractivity contribution in [3.05, 3.63) is 35.9 Å². The standard InChI is InChI=1S/C9H13NO2S/c11-13(12)8-10-7-6-9-4-2-1-3-5-9/h1-5,10H,6-8H2,(H,11,12)/p-1. The molecule has 1 N–H and O–H groups in total. The van der Waals surface area contributed by atoms with E-state index in [4.69, 9.17) is 0 Å². The second-order valence-corrected chi connectivity index (χ2v) is 3.58. The summed E-state index contributed by atoms with van der Waals surface area (Å²) in [7, 11) is 0. The number of hydrogen-bond acceptors (Lipinski definition) is 3. The van der Waals surface area contributed by atoms with Crippen LogP contribution in [-0.2, 0) is 17.5 Å². The van der Waals surface area contributed by atoms with Crippen LogP contribution in [0.15, 0.2) is 30.3 Å². The zero-order valence-corrected chi connectivity index (χ0v) is 8.05. The van der Waals surface area contributed by atoms with E-state index in [1.807, 2.05) is 30.3 Å². The lowest BCUT2D eigenvalue weighted by molar-refractivity contribution is 0.530. The van der Waals surface area contributed by atoms with E-state index in [9.17, 15) is 8.76 Å². The second-order valence-electron chi connectivity index (χ2n) is 2.68. The Kier molecular flexibility index (Phi) is 4.67. The van der Waals surface area contributed by atoms with Gasteiger partial charge in [0, 0.05) is 0 Å². The normalized spacial score (nSPS) is 12.7. The topological polar surface area (TPSA) is 52.2 Å². The van der Waals surface area contributed by atoms with Gasteiger partial charge in [0.2, 0.25) is 0 Å². The minimum Gasteiger partial charge on any atom is -0.771 e. The van der Waals surface area contributed by atoms with Crippen LogP contribution in [0, 0.1) is 0 Å². The number of rotatable bonds is 5. The molecule has 0 heterocycles. The van der Waals surface area contributed by atoms with Gasteiger partial charge in [-0.05, 0) is 29.6 Å². The highest BCUT2D eigenvalue weighted by Gasteiger charge is 1.90. The van der Waals surface area contributed by atoms with Gasteiger partial charge in [-0.25, -0.2) is 0 Å². The van der Waals surface area contributed by atoms with E-state index in [-0.39, 0.29) is 5.88 Å². The molecule has 3 nitrogen and oxygen atoms in total. The average Bonchev–Trinajstić information content (AvgIpc) is 2.14. The maximum absolute atomic E-state index is 10.1. The molecular formula is C9H12NO2S-.